The van der Waals surface area contributed by atoms with Gasteiger partial charge in [-0.3, -0.25) is 0 Å². The van der Waals surface area contributed by atoms with Crippen molar-refractivity contribution >= 4 is 50.9 Å². The Kier molecular flexibility index (Phi) is 32.9. The highest BCUT2D eigenvalue weighted by atomic mass is 35.5. The number of ether oxygens (including phenoxy) is 2. The second-order valence-electron chi connectivity index (χ2n) is 22.4. The van der Waals surface area contributed by atoms with Crippen molar-refractivity contribution in [3.05, 3.63) is 278 Å². The Bertz CT molecular complexity index is 3460. The quantitative estimate of drug-likeness (QED) is 0.0372. The van der Waals surface area contributed by atoms with E-state index in [1.807, 2.05) is 96.9 Å². The van der Waals surface area contributed by atoms with E-state index in [1.54, 1.807) is 20.3 Å². The number of benzene rings is 9. The molecule has 0 bridgehead atoms. The summed E-state index contributed by atoms with van der Waals surface area (Å²) in [4.78, 5) is 2.50. The Morgan fingerprint density at radius 1 is 0.527 bits per heavy atom. The van der Waals surface area contributed by atoms with Crippen molar-refractivity contribution in [2.45, 2.75) is 77.0 Å². The summed E-state index contributed by atoms with van der Waals surface area (Å²) >= 11 is 11.6. The predicted octanol–water partition coefficient (Wildman–Crippen LogP) is 16.0. The SMILES string of the molecule is CNCCC(O)c1ccccc1.CNCCC=C1c2ccccc2CCc2ccccc21.CNCCCN1c2ccccc2CCc2ccccc21.CNCCc1ccc(OC)c(OC)c1.CNCc1ccc(Cl)cc1Cl.CN[C@H](C)c1cccc2ccccc12. The fraction of sp³-hybridized carbons (Fsp3) is 0.316. The van der Waals surface area contributed by atoms with Gasteiger partial charge in [0.1, 0.15) is 0 Å². The first-order chi connectivity index (χ1) is 44.5. The molecule has 91 heavy (non-hydrogen) atoms. The second kappa shape index (κ2) is 41.2. The Morgan fingerprint density at radius 2 is 1.08 bits per heavy atom. The predicted molar refractivity (Wildman–Crippen MR) is 390 cm³/mol. The monoisotopic (exact) mass is 1260 g/mol. The molecule has 0 saturated heterocycles. The van der Waals surface area contributed by atoms with Crippen molar-refractivity contribution in [1.29, 1.82) is 0 Å². The first-order valence-electron chi connectivity index (χ1n) is 32.1. The minimum absolute atomic E-state index is 0.335. The van der Waals surface area contributed by atoms with E-state index in [2.05, 4.69) is 195 Å². The van der Waals surface area contributed by atoms with Crippen LogP contribution in [-0.4, -0.2) is 94.3 Å². The molecule has 7 N–H and O–H groups in total. The van der Waals surface area contributed by atoms with Gasteiger partial charge in [0.25, 0.3) is 0 Å². The molecule has 1 heterocycles. The van der Waals surface area contributed by atoms with Crippen molar-refractivity contribution < 1.29 is 14.6 Å². The second-order valence-corrected chi connectivity index (χ2v) is 23.2. The Labute approximate surface area is 554 Å². The molecule has 9 aromatic rings. The minimum atomic E-state index is -0.335. The van der Waals surface area contributed by atoms with Gasteiger partial charge >= 0.3 is 0 Å². The Balaban J connectivity index is 0.000000176. The van der Waals surface area contributed by atoms with Crippen LogP contribution in [0.4, 0.5) is 11.4 Å². The fourth-order valence-electron chi connectivity index (χ4n) is 11.1. The Hall–Kier alpha value is -7.32. The first kappa shape index (κ1) is 72.7. The van der Waals surface area contributed by atoms with Gasteiger partial charge in [0.15, 0.2) is 11.5 Å². The number of anilines is 2. The summed E-state index contributed by atoms with van der Waals surface area (Å²) in [6.07, 6.45) is 10.6. The lowest BCUT2D eigenvalue weighted by atomic mass is 9.93. The van der Waals surface area contributed by atoms with E-state index < -0.39 is 0 Å². The number of para-hydroxylation sites is 2. The van der Waals surface area contributed by atoms with E-state index in [1.165, 1.54) is 72.2 Å². The van der Waals surface area contributed by atoms with Crippen LogP contribution in [0.5, 0.6) is 11.5 Å². The van der Waals surface area contributed by atoms with Crippen LogP contribution in [0.3, 0.4) is 0 Å². The number of likely N-dealkylation sites (N-methyl/N-ethyl adjacent to an activating group) is 1. The standard InChI is InChI=1S/C19H21N.C18H22N2.C13H15N.C11H17NO2.C10H15NO.C8H9Cl2N/c1-20-14-6-11-19-17-9-4-2-7-15(17)12-13-16-8-3-5-10-18(16)19;1-19-13-6-14-20-17-9-4-2-7-15(17)11-12-16-8-3-5-10-18(16)20;1-10(14-2)12-9-5-7-11-6-3-4-8-13(11)12;1-12-7-6-9-4-5-10(13-2)11(8-9)14-3;1-11-8-7-10(12)9-5-3-2-4-6-9;1-11-5-6-2-3-7(9)4-8(6)10/h2-5,7-11,20H,6,12-14H2,1H3;2-5,7-10,19H,6,11-14H2,1H3;3-10,14H,1-2H3;4-5,8,12H,6-7H2,1-3H3;2-6,10-12H,7-8H2,1H3;2-4,11H,5H2,1H3/t;;10-;;;/m..1.../s1. The molecule has 2 aliphatic rings. The summed E-state index contributed by atoms with van der Waals surface area (Å²) < 4.78 is 10.4. The number of halogens is 2. The summed E-state index contributed by atoms with van der Waals surface area (Å²) in [7, 11) is 15.0. The van der Waals surface area contributed by atoms with Crippen LogP contribution in [0.25, 0.3) is 16.3 Å². The van der Waals surface area contributed by atoms with Crippen LogP contribution in [0.15, 0.2) is 212 Å². The van der Waals surface area contributed by atoms with Gasteiger partial charge in [-0.25, -0.2) is 0 Å². The van der Waals surface area contributed by atoms with E-state index in [-0.39, 0.29) is 6.10 Å². The van der Waals surface area contributed by atoms with E-state index in [4.69, 9.17) is 32.7 Å². The Morgan fingerprint density at radius 3 is 1.66 bits per heavy atom. The summed E-state index contributed by atoms with van der Waals surface area (Å²) in [5.74, 6) is 1.57. The van der Waals surface area contributed by atoms with E-state index >= 15 is 0 Å². The normalized spacial score (nSPS) is 12.4. The number of nitrogens with zero attached hydrogens (tertiary/aromatic N) is 1. The van der Waals surface area contributed by atoms with Gasteiger partial charge in [-0.15, -0.1) is 0 Å². The van der Waals surface area contributed by atoms with Gasteiger partial charge < -0.3 is 51.4 Å². The number of rotatable bonds is 20. The largest absolute Gasteiger partial charge is 0.493 e. The first-order valence-corrected chi connectivity index (χ1v) is 32.8. The molecule has 9 aromatic carbocycles. The van der Waals surface area contributed by atoms with E-state index in [0.29, 0.717) is 16.1 Å². The average molecular weight is 1270 g/mol. The molecule has 0 saturated carbocycles. The number of fused-ring (bicyclic) bond motifs is 5. The molecule has 0 amide bonds. The third kappa shape index (κ3) is 23.1. The molecule has 482 valence electrons. The zero-order valence-corrected chi connectivity index (χ0v) is 56.7. The molecule has 12 heteroatoms. The summed E-state index contributed by atoms with van der Waals surface area (Å²) in [5.41, 5.74) is 17.5. The molecular formula is C79H99Cl2N7O3. The maximum Gasteiger partial charge on any atom is 0.160 e. The maximum absolute atomic E-state index is 9.61. The third-order valence-electron chi connectivity index (χ3n) is 16.1. The number of aliphatic hydroxyl groups excluding tert-OH is 1. The van der Waals surface area contributed by atoms with E-state index in [9.17, 15) is 5.11 Å². The van der Waals surface area contributed by atoms with E-state index in [0.717, 1.165) is 113 Å². The molecule has 1 aliphatic heterocycles. The third-order valence-corrected chi connectivity index (χ3v) is 16.7. The van der Waals surface area contributed by atoms with Gasteiger partial charge in [-0.2, -0.15) is 0 Å². The van der Waals surface area contributed by atoms with Crippen molar-refractivity contribution in [2.24, 2.45) is 0 Å². The highest BCUT2D eigenvalue weighted by Crippen LogP contribution is 2.37. The van der Waals surface area contributed by atoms with Crippen molar-refractivity contribution in [1.82, 2.24) is 31.9 Å². The molecular weight excluding hydrogens is 1170 g/mol. The molecule has 1 unspecified atom stereocenters. The number of hydrogen-bond acceptors (Lipinski definition) is 10. The molecule has 10 nitrogen and oxygen atoms in total. The van der Waals surface area contributed by atoms with Crippen LogP contribution in [-0.2, 0) is 38.6 Å². The fourth-order valence-corrected chi connectivity index (χ4v) is 11.6. The topological polar surface area (TPSA) is 114 Å². The number of aliphatic hydroxyl groups is 1. The van der Waals surface area contributed by atoms with Crippen LogP contribution >= 0.6 is 23.2 Å². The summed E-state index contributed by atoms with van der Waals surface area (Å²) in [5, 5.41) is 32.5. The van der Waals surface area contributed by atoms with Gasteiger partial charge in [-0.1, -0.05) is 199 Å². The summed E-state index contributed by atoms with van der Waals surface area (Å²) in [6.45, 7) is 7.91. The lowest BCUT2D eigenvalue weighted by molar-refractivity contribution is 0.168. The van der Waals surface area contributed by atoms with Gasteiger partial charge in [0, 0.05) is 40.6 Å². The highest BCUT2D eigenvalue weighted by molar-refractivity contribution is 6.35. The molecule has 0 radical (unpaired) electrons. The maximum atomic E-state index is 9.61. The number of hydrogen-bond donors (Lipinski definition) is 7. The van der Waals surface area contributed by atoms with Crippen LogP contribution in [0.1, 0.15) is 94.0 Å². The number of aryl methyl sites for hydroxylation is 4. The van der Waals surface area contributed by atoms with Crippen LogP contribution in [0, 0.1) is 0 Å². The number of nitrogens with one attached hydrogen (secondary N) is 6. The van der Waals surface area contributed by atoms with Crippen molar-refractivity contribution in [3.63, 3.8) is 0 Å². The minimum Gasteiger partial charge on any atom is -0.493 e. The molecule has 0 spiro atoms. The van der Waals surface area contributed by atoms with Gasteiger partial charge in [0.05, 0.1) is 20.3 Å². The smallest absolute Gasteiger partial charge is 0.160 e. The number of methoxy groups -OCH3 is 2. The van der Waals surface area contributed by atoms with Crippen LogP contribution < -0.4 is 46.3 Å². The molecule has 0 fully saturated rings. The molecule has 1 aliphatic carbocycles. The average Bonchev–Trinajstić information content (AvgIpc) is 2.14. The lowest BCUT2D eigenvalue weighted by Gasteiger charge is -2.27. The van der Waals surface area contributed by atoms with Crippen molar-refractivity contribution in [3.8, 4) is 11.5 Å². The lowest BCUT2D eigenvalue weighted by Crippen LogP contribution is -2.22. The van der Waals surface area contributed by atoms with Crippen molar-refractivity contribution in [2.75, 3.05) is 94.1 Å². The van der Waals surface area contributed by atoms with Gasteiger partial charge in [0.2, 0.25) is 0 Å². The zero-order chi connectivity index (χ0) is 65.0. The zero-order valence-electron chi connectivity index (χ0n) is 55.2. The molecule has 11 rings (SSSR count). The van der Waals surface area contributed by atoms with Gasteiger partial charge in [-0.05, 0) is 235 Å². The highest BCUT2D eigenvalue weighted by Gasteiger charge is 2.20. The summed E-state index contributed by atoms with van der Waals surface area (Å²) in [6, 6.07) is 71.9. The molecule has 2 atom stereocenters. The van der Waals surface area contributed by atoms with Crippen LogP contribution in [0.2, 0.25) is 10.0 Å². The molecule has 0 aromatic heterocycles.